The van der Waals surface area contributed by atoms with E-state index in [-0.39, 0.29) is 18.1 Å². The molecule has 1 aromatic rings. The number of carbonyl (C=O) groups excluding carboxylic acids is 1. The second-order valence-electron chi connectivity index (χ2n) is 7.61. The molecule has 28 heavy (non-hydrogen) atoms. The number of aryl methyl sites for hydroxylation is 1. The predicted molar refractivity (Wildman–Crippen MR) is 114 cm³/mol. The Kier molecular flexibility index (Phi) is 8.57. The van der Waals surface area contributed by atoms with Gasteiger partial charge in [-0.1, -0.05) is 18.2 Å². The summed E-state index contributed by atoms with van der Waals surface area (Å²) in [6.45, 7) is 12.6. The molecule has 1 amide bonds. The summed E-state index contributed by atoms with van der Waals surface area (Å²) in [5.74, 6) is 1.89. The van der Waals surface area contributed by atoms with Crippen LogP contribution in [0.25, 0.3) is 0 Å². The number of nitrogens with one attached hydrogen (secondary N) is 2. The van der Waals surface area contributed by atoms with Crippen LogP contribution in [0.2, 0.25) is 0 Å². The highest BCUT2D eigenvalue weighted by Crippen LogP contribution is 2.17. The van der Waals surface area contributed by atoms with E-state index in [1.54, 1.807) is 7.05 Å². The van der Waals surface area contributed by atoms with Crippen LogP contribution in [-0.2, 0) is 4.79 Å². The highest BCUT2D eigenvalue weighted by Gasteiger charge is 2.21. The Balaban J connectivity index is 1.75. The first-order chi connectivity index (χ1) is 13.4. The highest BCUT2D eigenvalue weighted by atomic mass is 16.5. The van der Waals surface area contributed by atoms with Gasteiger partial charge in [0.05, 0.1) is 13.1 Å². The van der Waals surface area contributed by atoms with Crippen molar-refractivity contribution in [2.45, 2.75) is 39.8 Å². The molecule has 0 aliphatic carbocycles. The molecule has 2 N–H and O–H groups in total. The number of aliphatic imine (C=N–C) groups is 1. The van der Waals surface area contributed by atoms with E-state index >= 15 is 0 Å². The maximum Gasteiger partial charge on any atom is 0.234 e. The minimum atomic E-state index is 0.0267. The Morgan fingerprint density at radius 3 is 2.46 bits per heavy atom. The maximum atomic E-state index is 11.9. The number of hydrogen-bond donors (Lipinski definition) is 2. The Morgan fingerprint density at radius 2 is 1.86 bits per heavy atom. The van der Waals surface area contributed by atoms with Crippen molar-refractivity contribution in [2.75, 3.05) is 46.3 Å². The first-order valence-corrected chi connectivity index (χ1v) is 10.1. The number of hydrogen-bond acceptors (Lipinski definition) is 4. The first-order valence-electron chi connectivity index (χ1n) is 10.1. The van der Waals surface area contributed by atoms with E-state index in [0.717, 1.165) is 43.5 Å². The molecule has 2 rings (SSSR count). The van der Waals surface area contributed by atoms with Gasteiger partial charge in [-0.25, -0.2) is 0 Å². The monoisotopic (exact) mass is 389 g/mol. The third kappa shape index (κ3) is 7.03. The zero-order chi connectivity index (χ0) is 20.5. The van der Waals surface area contributed by atoms with E-state index < -0.39 is 0 Å². The number of piperazine rings is 1. The molecule has 1 unspecified atom stereocenters. The van der Waals surface area contributed by atoms with Crippen molar-refractivity contribution in [3.05, 3.63) is 29.8 Å². The van der Waals surface area contributed by atoms with Gasteiger partial charge in [0, 0.05) is 39.3 Å². The third-order valence-electron chi connectivity index (χ3n) is 4.67. The summed E-state index contributed by atoms with van der Waals surface area (Å²) in [7, 11) is 1.80. The van der Waals surface area contributed by atoms with Crippen molar-refractivity contribution in [3.8, 4) is 5.75 Å². The normalized spacial score (nSPS) is 16.8. The molecule has 0 bridgehead atoms. The molecule has 1 aliphatic rings. The van der Waals surface area contributed by atoms with Crippen LogP contribution in [0.5, 0.6) is 5.75 Å². The lowest BCUT2D eigenvalue weighted by Crippen LogP contribution is -2.55. The molecule has 1 saturated heterocycles. The fraction of sp³-hybridized carbons (Fsp3) is 0.619. The minimum absolute atomic E-state index is 0.0267. The van der Waals surface area contributed by atoms with Gasteiger partial charge >= 0.3 is 0 Å². The first kappa shape index (κ1) is 22.0. The fourth-order valence-corrected chi connectivity index (χ4v) is 3.20. The number of ether oxygens (including phenoxy) is 1. The van der Waals surface area contributed by atoms with Crippen LogP contribution < -0.4 is 15.4 Å². The molecular formula is C21H35N5O2. The van der Waals surface area contributed by atoms with Crippen LogP contribution in [0.4, 0.5) is 0 Å². The number of carbonyl (C=O) groups is 1. The molecule has 0 radical (unpaired) electrons. The minimum Gasteiger partial charge on any atom is -0.489 e. The molecule has 7 nitrogen and oxygen atoms in total. The van der Waals surface area contributed by atoms with Crippen LogP contribution in [0, 0.1) is 6.92 Å². The summed E-state index contributed by atoms with van der Waals surface area (Å²) in [5, 5.41) is 6.36. The molecule has 1 heterocycles. The van der Waals surface area contributed by atoms with Crippen molar-refractivity contribution in [1.82, 2.24) is 20.4 Å². The Hall–Kier alpha value is -2.28. The van der Waals surface area contributed by atoms with E-state index in [0.29, 0.717) is 13.1 Å². The second-order valence-corrected chi connectivity index (χ2v) is 7.61. The molecule has 0 aromatic heterocycles. The molecule has 1 aromatic carbocycles. The summed E-state index contributed by atoms with van der Waals surface area (Å²) >= 11 is 0. The zero-order valence-electron chi connectivity index (χ0n) is 17.9. The molecule has 7 heteroatoms. The average molecular weight is 390 g/mol. The van der Waals surface area contributed by atoms with Gasteiger partial charge in [0.15, 0.2) is 5.96 Å². The number of para-hydroxylation sites is 1. The molecule has 1 atom stereocenters. The van der Waals surface area contributed by atoms with E-state index in [1.165, 1.54) is 0 Å². The van der Waals surface area contributed by atoms with Crippen LogP contribution in [0.1, 0.15) is 26.3 Å². The predicted octanol–water partition coefficient (Wildman–Crippen LogP) is 1.48. The van der Waals surface area contributed by atoms with E-state index in [9.17, 15) is 4.79 Å². The van der Waals surface area contributed by atoms with Crippen LogP contribution in [0.3, 0.4) is 0 Å². The fourth-order valence-electron chi connectivity index (χ4n) is 3.20. The van der Waals surface area contributed by atoms with Crippen molar-refractivity contribution in [1.29, 1.82) is 0 Å². The average Bonchev–Trinajstić information content (AvgIpc) is 2.64. The van der Waals surface area contributed by atoms with Gasteiger partial charge in [-0.2, -0.15) is 0 Å². The SMILES string of the molecule is CN=C(NCC(C)Oc1ccccc1C)N1CCN(CC(=O)NC(C)C)CC1. The molecule has 1 fully saturated rings. The van der Waals surface area contributed by atoms with Gasteiger partial charge in [-0.3, -0.25) is 14.7 Å². The highest BCUT2D eigenvalue weighted by molar-refractivity contribution is 5.80. The van der Waals surface area contributed by atoms with Crippen LogP contribution in [0.15, 0.2) is 29.3 Å². The van der Waals surface area contributed by atoms with E-state index in [1.807, 2.05) is 32.0 Å². The smallest absolute Gasteiger partial charge is 0.234 e. The molecule has 156 valence electrons. The third-order valence-corrected chi connectivity index (χ3v) is 4.67. The van der Waals surface area contributed by atoms with Gasteiger partial charge in [-0.15, -0.1) is 0 Å². The number of guanidine groups is 1. The molecular weight excluding hydrogens is 354 g/mol. The van der Waals surface area contributed by atoms with Gasteiger partial charge < -0.3 is 20.3 Å². The van der Waals surface area contributed by atoms with Crippen molar-refractivity contribution in [2.24, 2.45) is 4.99 Å². The quantitative estimate of drug-likeness (QED) is 0.546. The van der Waals surface area contributed by atoms with Gasteiger partial charge in [0.2, 0.25) is 5.91 Å². The van der Waals surface area contributed by atoms with Gasteiger partial charge in [-0.05, 0) is 39.3 Å². The number of rotatable bonds is 7. The van der Waals surface area contributed by atoms with Gasteiger partial charge in [0.25, 0.3) is 0 Å². The maximum absolute atomic E-state index is 11.9. The van der Waals surface area contributed by atoms with Gasteiger partial charge in [0.1, 0.15) is 11.9 Å². The Morgan fingerprint density at radius 1 is 1.18 bits per heavy atom. The summed E-state index contributed by atoms with van der Waals surface area (Å²) in [6.07, 6.45) is 0.0267. The van der Waals surface area contributed by atoms with Crippen LogP contribution >= 0.6 is 0 Å². The molecule has 0 saturated carbocycles. The van der Waals surface area contributed by atoms with E-state index in [4.69, 9.17) is 4.74 Å². The molecule has 1 aliphatic heterocycles. The standard InChI is InChI=1S/C21H35N5O2/c1-16(2)24-20(27)15-25-10-12-26(13-11-25)21(22-5)23-14-18(4)28-19-9-7-6-8-17(19)3/h6-9,16,18H,10-15H2,1-5H3,(H,22,23)(H,24,27). The lowest BCUT2D eigenvalue weighted by atomic mass is 10.2. The van der Waals surface area contributed by atoms with Crippen molar-refractivity contribution < 1.29 is 9.53 Å². The summed E-state index contributed by atoms with van der Waals surface area (Å²) in [4.78, 5) is 20.8. The summed E-state index contributed by atoms with van der Waals surface area (Å²) in [5.41, 5.74) is 1.14. The lowest BCUT2D eigenvalue weighted by Gasteiger charge is -2.36. The van der Waals surface area contributed by atoms with E-state index in [2.05, 4.69) is 45.3 Å². The number of nitrogens with zero attached hydrogens (tertiary/aromatic N) is 3. The summed E-state index contributed by atoms with van der Waals surface area (Å²) in [6, 6.07) is 8.23. The Bertz CT molecular complexity index is 654. The summed E-state index contributed by atoms with van der Waals surface area (Å²) < 4.78 is 6.03. The van der Waals surface area contributed by atoms with Crippen molar-refractivity contribution >= 4 is 11.9 Å². The second kappa shape index (κ2) is 10.9. The number of amides is 1. The largest absolute Gasteiger partial charge is 0.489 e. The zero-order valence-corrected chi connectivity index (χ0v) is 17.9. The molecule has 0 spiro atoms. The topological polar surface area (TPSA) is 69.2 Å². The Labute approximate surface area is 169 Å². The number of benzene rings is 1. The lowest BCUT2D eigenvalue weighted by molar-refractivity contribution is -0.123. The van der Waals surface area contributed by atoms with Crippen LogP contribution in [-0.4, -0.2) is 80.1 Å². The van der Waals surface area contributed by atoms with Crippen molar-refractivity contribution in [3.63, 3.8) is 0 Å².